The van der Waals surface area contributed by atoms with Crippen molar-refractivity contribution in [3.05, 3.63) is 90.9 Å². The minimum absolute atomic E-state index is 0.00751. The summed E-state index contributed by atoms with van der Waals surface area (Å²) in [6.45, 7) is 0. The van der Waals surface area contributed by atoms with Crippen molar-refractivity contribution >= 4 is 45.6 Å². The Morgan fingerprint density at radius 1 is 0.839 bits per heavy atom. The van der Waals surface area contributed by atoms with Crippen LogP contribution < -0.4 is 4.74 Å². The first-order chi connectivity index (χ1) is 14.8. The van der Waals surface area contributed by atoms with Crippen LogP contribution in [0.25, 0.3) is 22.3 Å². The van der Waals surface area contributed by atoms with Crippen LogP contribution in [0.4, 0.5) is 11.4 Å². The highest BCUT2D eigenvalue weighted by Crippen LogP contribution is 2.37. The van der Waals surface area contributed by atoms with E-state index in [1.165, 1.54) is 12.1 Å². The fraction of sp³-hybridized carbons (Fsp3) is 0. The van der Waals surface area contributed by atoms with Crippen molar-refractivity contribution in [2.24, 2.45) is 0 Å². The van der Waals surface area contributed by atoms with E-state index in [1.807, 2.05) is 0 Å². The maximum absolute atomic E-state index is 11.5. The third-order valence-corrected chi connectivity index (χ3v) is 5.00. The molecule has 4 aromatic rings. The Bertz CT molecular complexity index is 1350. The molecular weight excluding hydrogens is 447 g/mol. The van der Waals surface area contributed by atoms with Crippen LogP contribution in [0.1, 0.15) is 0 Å². The van der Waals surface area contributed by atoms with Gasteiger partial charge in [0, 0.05) is 17.7 Å². The molecule has 0 aliphatic carbocycles. The number of nitro benzene ring substituents is 2. The monoisotopic (exact) mass is 456 g/mol. The van der Waals surface area contributed by atoms with Gasteiger partial charge in [0.2, 0.25) is 5.88 Å². The van der Waals surface area contributed by atoms with E-state index in [0.29, 0.717) is 16.3 Å². The van der Waals surface area contributed by atoms with Gasteiger partial charge in [0.1, 0.15) is 17.0 Å². The van der Waals surface area contributed by atoms with Gasteiger partial charge in [-0.2, -0.15) is 0 Å². The van der Waals surface area contributed by atoms with Crippen LogP contribution >= 0.6 is 23.2 Å². The van der Waals surface area contributed by atoms with Crippen molar-refractivity contribution in [2.75, 3.05) is 0 Å². The maximum atomic E-state index is 11.5. The average Bonchev–Trinajstić information content (AvgIpc) is 2.75. The normalized spacial score (nSPS) is 10.8. The fourth-order valence-electron chi connectivity index (χ4n) is 2.86. The summed E-state index contributed by atoms with van der Waals surface area (Å²) < 4.78 is 5.85. The number of hydrogen-bond donors (Lipinski definition) is 0. The SMILES string of the molecule is O=[N+]([O-])c1cc([N+](=O)[O-])c2nc(-c3ccccc3)c(Oc3ccc(Cl)c(Cl)c3)nc2c1. The topological polar surface area (TPSA) is 121 Å². The summed E-state index contributed by atoms with van der Waals surface area (Å²) >= 11 is 12.0. The highest BCUT2D eigenvalue weighted by atomic mass is 35.5. The predicted octanol–water partition coefficient (Wildman–Crippen LogP) is 6.21. The number of hydrogen-bond acceptors (Lipinski definition) is 7. The van der Waals surface area contributed by atoms with E-state index < -0.39 is 21.2 Å². The Balaban J connectivity index is 1.98. The van der Waals surface area contributed by atoms with E-state index in [2.05, 4.69) is 9.97 Å². The second-order valence-electron chi connectivity index (χ2n) is 6.27. The first-order valence-electron chi connectivity index (χ1n) is 8.66. The highest BCUT2D eigenvalue weighted by molar-refractivity contribution is 6.42. The van der Waals surface area contributed by atoms with Crippen molar-refractivity contribution in [3.63, 3.8) is 0 Å². The largest absolute Gasteiger partial charge is 0.437 e. The predicted molar refractivity (Wildman–Crippen MR) is 115 cm³/mol. The Morgan fingerprint density at radius 2 is 1.58 bits per heavy atom. The number of rotatable bonds is 5. The lowest BCUT2D eigenvalue weighted by Crippen LogP contribution is -2.01. The molecule has 1 aromatic heterocycles. The molecule has 9 nitrogen and oxygen atoms in total. The highest BCUT2D eigenvalue weighted by Gasteiger charge is 2.24. The Kier molecular flexibility index (Phi) is 5.37. The van der Waals surface area contributed by atoms with Crippen molar-refractivity contribution in [1.29, 1.82) is 0 Å². The minimum atomic E-state index is -0.738. The molecule has 0 saturated heterocycles. The van der Waals surface area contributed by atoms with Gasteiger partial charge < -0.3 is 4.74 Å². The lowest BCUT2D eigenvalue weighted by molar-refractivity contribution is -0.393. The zero-order valence-electron chi connectivity index (χ0n) is 15.4. The van der Waals surface area contributed by atoms with Gasteiger partial charge in [0.05, 0.1) is 26.0 Å². The molecule has 0 bridgehead atoms. The quantitative estimate of drug-likeness (QED) is 0.258. The summed E-state index contributed by atoms with van der Waals surface area (Å²) in [4.78, 5) is 30.0. The van der Waals surface area contributed by atoms with Crippen LogP contribution in [0, 0.1) is 20.2 Å². The summed E-state index contributed by atoms with van der Waals surface area (Å²) in [5.74, 6) is 0.284. The molecule has 0 aliphatic heterocycles. The summed E-state index contributed by atoms with van der Waals surface area (Å²) in [5, 5.41) is 23.3. The molecule has 31 heavy (non-hydrogen) atoms. The van der Waals surface area contributed by atoms with Crippen LogP contribution in [0.5, 0.6) is 11.6 Å². The molecule has 0 saturated carbocycles. The zero-order valence-corrected chi connectivity index (χ0v) is 16.9. The third kappa shape index (κ3) is 4.09. The molecule has 1 heterocycles. The van der Waals surface area contributed by atoms with Crippen LogP contribution in [0.3, 0.4) is 0 Å². The number of nitro groups is 2. The van der Waals surface area contributed by atoms with Gasteiger partial charge >= 0.3 is 5.69 Å². The van der Waals surface area contributed by atoms with Gasteiger partial charge in [-0.05, 0) is 12.1 Å². The average molecular weight is 457 g/mol. The van der Waals surface area contributed by atoms with Crippen molar-refractivity contribution < 1.29 is 14.6 Å². The molecule has 0 unspecified atom stereocenters. The number of halogens is 2. The third-order valence-electron chi connectivity index (χ3n) is 4.26. The van der Waals surface area contributed by atoms with Gasteiger partial charge in [-0.15, -0.1) is 0 Å². The van der Waals surface area contributed by atoms with Gasteiger partial charge in [0.15, 0.2) is 5.52 Å². The molecular formula is C20H10Cl2N4O5. The second kappa shape index (κ2) is 8.13. The molecule has 0 radical (unpaired) electrons. The number of benzene rings is 3. The second-order valence-corrected chi connectivity index (χ2v) is 7.08. The molecule has 11 heteroatoms. The number of non-ortho nitro benzene ring substituents is 2. The summed E-state index contributed by atoms with van der Waals surface area (Å²) in [7, 11) is 0. The summed E-state index contributed by atoms with van der Waals surface area (Å²) in [6, 6.07) is 15.3. The summed E-state index contributed by atoms with van der Waals surface area (Å²) in [5.41, 5.74) is -0.376. The van der Waals surface area contributed by atoms with Crippen LogP contribution in [-0.4, -0.2) is 19.8 Å². The summed E-state index contributed by atoms with van der Waals surface area (Å²) in [6.07, 6.45) is 0. The van der Waals surface area contributed by atoms with Gasteiger partial charge in [0.25, 0.3) is 5.69 Å². The Hall–Kier alpha value is -3.82. The van der Waals surface area contributed by atoms with Crippen molar-refractivity contribution in [3.8, 4) is 22.9 Å². The van der Waals surface area contributed by atoms with E-state index in [0.717, 1.165) is 12.1 Å². The van der Waals surface area contributed by atoms with Gasteiger partial charge in [-0.25, -0.2) is 9.97 Å². The molecule has 154 valence electrons. The number of ether oxygens (including phenoxy) is 1. The molecule has 0 fully saturated rings. The van der Waals surface area contributed by atoms with Crippen LogP contribution in [0.2, 0.25) is 10.0 Å². The molecule has 3 aromatic carbocycles. The maximum Gasteiger partial charge on any atom is 0.303 e. The Morgan fingerprint density at radius 3 is 2.23 bits per heavy atom. The zero-order chi connectivity index (χ0) is 22.1. The first-order valence-corrected chi connectivity index (χ1v) is 9.42. The van der Waals surface area contributed by atoms with E-state index >= 15 is 0 Å². The molecule has 0 amide bonds. The molecule has 0 aliphatic rings. The van der Waals surface area contributed by atoms with Crippen LogP contribution in [0.15, 0.2) is 60.7 Å². The van der Waals surface area contributed by atoms with E-state index in [-0.39, 0.29) is 27.6 Å². The number of aromatic nitrogens is 2. The molecule has 0 atom stereocenters. The van der Waals surface area contributed by atoms with E-state index in [4.69, 9.17) is 27.9 Å². The van der Waals surface area contributed by atoms with Crippen molar-refractivity contribution in [2.45, 2.75) is 0 Å². The number of nitrogens with zero attached hydrogens (tertiary/aromatic N) is 4. The van der Waals surface area contributed by atoms with Crippen LogP contribution in [-0.2, 0) is 0 Å². The molecule has 0 N–H and O–H groups in total. The minimum Gasteiger partial charge on any atom is -0.437 e. The standard InChI is InChI=1S/C20H10Cl2N4O5/c21-14-7-6-13(10-15(14)22)31-20-18(11-4-2-1-3-5-11)24-19-16(23-20)8-12(25(27)28)9-17(19)26(29)30/h1-10H. The molecule has 0 spiro atoms. The lowest BCUT2D eigenvalue weighted by atomic mass is 10.1. The van der Waals surface area contributed by atoms with Gasteiger partial charge in [-0.3, -0.25) is 20.2 Å². The Labute approximate surface area is 184 Å². The van der Waals surface area contributed by atoms with Gasteiger partial charge in [-0.1, -0.05) is 53.5 Å². The van der Waals surface area contributed by atoms with E-state index in [9.17, 15) is 20.2 Å². The van der Waals surface area contributed by atoms with Crippen molar-refractivity contribution in [1.82, 2.24) is 9.97 Å². The fourth-order valence-corrected chi connectivity index (χ4v) is 3.15. The number of fused-ring (bicyclic) bond motifs is 1. The molecule has 4 rings (SSSR count). The lowest BCUT2D eigenvalue weighted by Gasteiger charge is -2.12. The van der Waals surface area contributed by atoms with E-state index in [1.54, 1.807) is 36.4 Å². The first kappa shape index (κ1) is 20.5. The smallest absolute Gasteiger partial charge is 0.303 e.